The standard InChI is InChI=1S/C15H28N2/c1-7-13(3)16-11-9-10-14(12-16)17(8-2)15(4,5)6/h7,14H,1,3,8-12H2,2,4-6H3/t14-/m1/s1. The van der Waals surface area contributed by atoms with E-state index in [9.17, 15) is 0 Å². The molecular weight excluding hydrogens is 208 g/mol. The van der Waals surface area contributed by atoms with Gasteiger partial charge >= 0.3 is 0 Å². The van der Waals surface area contributed by atoms with E-state index in [1.54, 1.807) is 0 Å². The summed E-state index contributed by atoms with van der Waals surface area (Å²) in [6.45, 7) is 20.4. The highest BCUT2D eigenvalue weighted by Gasteiger charge is 2.30. The lowest BCUT2D eigenvalue weighted by molar-refractivity contribution is 0.0476. The number of likely N-dealkylation sites (N-methyl/N-ethyl adjacent to an activating group) is 1. The van der Waals surface area contributed by atoms with Gasteiger partial charge in [-0.2, -0.15) is 0 Å². The van der Waals surface area contributed by atoms with Crippen molar-refractivity contribution in [2.24, 2.45) is 0 Å². The quantitative estimate of drug-likeness (QED) is 0.691. The third-order valence-electron chi connectivity index (χ3n) is 3.68. The minimum atomic E-state index is 0.248. The molecule has 1 rings (SSSR count). The van der Waals surface area contributed by atoms with Gasteiger partial charge in [0.05, 0.1) is 0 Å². The molecule has 2 nitrogen and oxygen atoms in total. The average Bonchev–Trinajstić information content (AvgIpc) is 2.27. The first-order valence-electron chi connectivity index (χ1n) is 6.73. The summed E-state index contributed by atoms with van der Waals surface area (Å²) < 4.78 is 0. The van der Waals surface area contributed by atoms with Gasteiger partial charge in [0, 0.05) is 30.4 Å². The maximum absolute atomic E-state index is 4.07. The van der Waals surface area contributed by atoms with E-state index in [0.717, 1.165) is 25.3 Å². The summed E-state index contributed by atoms with van der Waals surface area (Å²) in [6, 6.07) is 0.644. The van der Waals surface area contributed by atoms with Crippen molar-refractivity contribution in [3.8, 4) is 0 Å². The van der Waals surface area contributed by atoms with Crippen LogP contribution in [0.3, 0.4) is 0 Å². The van der Waals surface area contributed by atoms with Crippen molar-refractivity contribution in [3.05, 3.63) is 24.9 Å². The van der Waals surface area contributed by atoms with Crippen LogP contribution < -0.4 is 0 Å². The predicted molar refractivity (Wildman–Crippen MR) is 76.1 cm³/mol. The molecule has 0 aromatic carbocycles. The molecule has 0 radical (unpaired) electrons. The Bertz CT molecular complexity index is 275. The summed E-state index contributed by atoms with van der Waals surface area (Å²) >= 11 is 0. The van der Waals surface area contributed by atoms with Crippen molar-refractivity contribution < 1.29 is 0 Å². The Morgan fingerprint density at radius 3 is 2.59 bits per heavy atom. The third kappa shape index (κ3) is 3.60. The zero-order valence-corrected chi connectivity index (χ0v) is 12.0. The number of hydrogen-bond donors (Lipinski definition) is 0. The summed E-state index contributed by atoms with van der Waals surface area (Å²) in [5, 5.41) is 0. The summed E-state index contributed by atoms with van der Waals surface area (Å²) in [5.41, 5.74) is 1.32. The molecule has 1 heterocycles. The molecule has 0 unspecified atom stereocenters. The molecule has 2 heteroatoms. The fourth-order valence-corrected chi connectivity index (χ4v) is 2.88. The Kier molecular flexibility index (Phi) is 4.81. The van der Waals surface area contributed by atoms with Crippen LogP contribution in [0.1, 0.15) is 40.5 Å². The van der Waals surface area contributed by atoms with Crippen molar-refractivity contribution in [1.82, 2.24) is 9.80 Å². The minimum absolute atomic E-state index is 0.248. The van der Waals surface area contributed by atoms with Gasteiger partial charge in [-0.3, -0.25) is 4.90 Å². The second-order valence-electron chi connectivity index (χ2n) is 5.89. The van der Waals surface area contributed by atoms with E-state index in [-0.39, 0.29) is 5.54 Å². The molecule has 1 fully saturated rings. The number of rotatable bonds is 4. The number of likely N-dealkylation sites (tertiary alicyclic amines) is 1. The lowest BCUT2D eigenvalue weighted by atomic mass is 9.97. The van der Waals surface area contributed by atoms with Gasteiger partial charge in [0.15, 0.2) is 0 Å². The van der Waals surface area contributed by atoms with E-state index in [4.69, 9.17) is 0 Å². The van der Waals surface area contributed by atoms with E-state index >= 15 is 0 Å². The van der Waals surface area contributed by atoms with Crippen molar-refractivity contribution >= 4 is 0 Å². The van der Waals surface area contributed by atoms with E-state index < -0.39 is 0 Å². The molecule has 98 valence electrons. The first-order chi connectivity index (χ1) is 7.90. The second kappa shape index (κ2) is 5.72. The van der Waals surface area contributed by atoms with Crippen molar-refractivity contribution in [3.63, 3.8) is 0 Å². The molecule has 0 aromatic rings. The van der Waals surface area contributed by atoms with Crippen molar-refractivity contribution in [2.75, 3.05) is 19.6 Å². The predicted octanol–water partition coefficient (Wildman–Crippen LogP) is 3.27. The SMILES string of the molecule is C=CC(=C)N1CCC[C@@H](N(CC)C(C)(C)C)C1. The van der Waals surface area contributed by atoms with Crippen LogP contribution >= 0.6 is 0 Å². The van der Waals surface area contributed by atoms with Gasteiger partial charge in [-0.15, -0.1) is 0 Å². The van der Waals surface area contributed by atoms with Crippen LogP contribution in [0.4, 0.5) is 0 Å². The highest BCUT2D eigenvalue weighted by Crippen LogP contribution is 2.24. The molecule has 1 saturated heterocycles. The Labute approximate surface area is 107 Å². The molecular formula is C15H28N2. The van der Waals surface area contributed by atoms with Gasteiger partial charge in [0.2, 0.25) is 0 Å². The fraction of sp³-hybridized carbons (Fsp3) is 0.733. The van der Waals surface area contributed by atoms with Crippen molar-refractivity contribution in [1.29, 1.82) is 0 Å². The highest BCUT2D eigenvalue weighted by molar-refractivity contribution is 5.11. The number of piperidine rings is 1. The van der Waals surface area contributed by atoms with Crippen LogP contribution in [0, 0.1) is 0 Å². The minimum Gasteiger partial charge on any atom is -0.370 e. The van der Waals surface area contributed by atoms with E-state index in [1.165, 1.54) is 12.8 Å². The molecule has 0 aliphatic carbocycles. The molecule has 0 spiro atoms. The summed E-state index contributed by atoms with van der Waals surface area (Å²) in [6.07, 6.45) is 4.42. The van der Waals surface area contributed by atoms with E-state index in [2.05, 4.69) is 50.7 Å². The molecule has 0 bridgehead atoms. The Hall–Kier alpha value is -0.760. The summed E-state index contributed by atoms with van der Waals surface area (Å²) in [5.74, 6) is 0. The first-order valence-corrected chi connectivity index (χ1v) is 6.73. The Morgan fingerprint density at radius 1 is 1.47 bits per heavy atom. The van der Waals surface area contributed by atoms with Crippen LogP contribution in [-0.4, -0.2) is 41.0 Å². The number of nitrogens with zero attached hydrogens (tertiary/aromatic N) is 2. The van der Waals surface area contributed by atoms with Gasteiger partial charge in [0.1, 0.15) is 0 Å². The Balaban J connectivity index is 2.71. The molecule has 0 N–H and O–H groups in total. The molecule has 0 amide bonds. The zero-order valence-electron chi connectivity index (χ0n) is 12.0. The van der Waals surface area contributed by atoms with Crippen LogP contribution in [-0.2, 0) is 0 Å². The topological polar surface area (TPSA) is 6.48 Å². The zero-order chi connectivity index (χ0) is 13.1. The van der Waals surface area contributed by atoms with Gasteiger partial charge in [-0.1, -0.05) is 20.1 Å². The monoisotopic (exact) mass is 236 g/mol. The maximum Gasteiger partial charge on any atom is 0.0334 e. The van der Waals surface area contributed by atoms with Crippen LogP contribution in [0.2, 0.25) is 0 Å². The Morgan fingerprint density at radius 2 is 2.12 bits per heavy atom. The summed E-state index contributed by atoms with van der Waals surface area (Å²) in [7, 11) is 0. The smallest absolute Gasteiger partial charge is 0.0334 e. The molecule has 1 aliphatic rings. The van der Waals surface area contributed by atoms with Crippen LogP contribution in [0.15, 0.2) is 24.9 Å². The van der Waals surface area contributed by atoms with Crippen LogP contribution in [0.25, 0.3) is 0 Å². The van der Waals surface area contributed by atoms with Gasteiger partial charge in [-0.05, 0) is 46.2 Å². The van der Waals surface area contributed by atoms with Crippen LogP contribution in [0.5, 0.6) is 0 Å². The first kappa shape index (κ1) is 14.3. The molecule has 0 saturated carbocycles. The van der Waals surface area contributed by atoms with Gasteiger partial charge in [-0.25, -0.2) is 0 Å². The lowest BCUT2D eigenvalue weighted by Gasteiger charge is -2.46. The second-order valence-corrected chi connectivity index (χ2v) is 5.89. The maximum atomic E-state index is 4.07. The normalized spacial score (nSPS) is 21.7. The van der Waals surface area contributed by atoms with Gasteiger partial charge in [0.25, 0.3) is 0 Å². The third-order valence-corrected chi connectivity index (χ3v) is 3.68. The fourth-order valence-electron chi connectivity index (χ4n) is 2.88. The molecule has 17 heavy (non-hydrogen) atoms. The van der Waals surface area contributed by atoms with Gasteiger partial charge < -0.3 is 4.90 Å². The number of hydrogen-bond acceptors (Lipinski definition) is 2. The number of allylic oxidation sites excluding steroid dienone is 1. The van der Waals surface area contributed by atoms with Crippen molar-refractivity contribution in [2.45, 2.75) is 52.1 Å². The average molecular weight is 236 g/mol. The molecule has 0 aromatic heterocycles. The molecule has 1 atom stereocenters. The van der Waals surface area contributed by atoms with E-state index in [0.29, 0.717) is 6.04 Å². The lowest BCUT2D eigenvalue weighted by Crippen LogP contribution is -2.54. The highest BCUT2D eigenvalue weighted by atomic mass is 15.3. The summed E-state index contributed by atoms with van der Waals surface area (Å²) in [4.78, 5) is 4.98. The molecule has 1 aliphatic heterocycles. The van der Waals surface area contributed by atoms with E-state index in [1.807, 2.05) is 6.08 Å². The largest absolute Gasteiger partial charge is 0.370 e.